The summed E-state index contributed by atoms with van der Waals surface area (Å²) in [6, 6.07) is 18.6. The number of hydrogen-bond acceptors (Lipinski definition) is 5. The van der Waals surface area contributed by atoms with Gasteiger partial charge in [0.2, 0.25) is 0 Å². The molecule has 3 aromatic carbocycles. The molecule has 1 aliphatic rings. The number of amides is 2. The number of aliphatic carboxylic acids is 1. The average Bonchev–Trinajstić information content (AvgIpc) is 3.04. The van der Waals surface area contributed by atoms with E-state index >= 15 is 0 Å². The lowest BCUT2D eigenvalue weighted by Crippen LogP contribution is -2.41. The van der Waals surface area contributed by atoms with Gasteiger partial charge in [-0.1, -0.05) is 42.5 Å². The molecule has 1 atom stereocenters. The predicted octanol–water partition coefficient (Wildman–Crippen LogP) is 3.34. The maximum Gasteiger partial charge on any atom is 0.328 e. The van der Waals surface area contributed by atoms with Crippen LogP contribution in [0.5, 0.6) is 0 Å². The highest BCUT2D eigenvalue weighted by molar-refractivity contribution is 6.35. The van der Waals surface area contributed by atoms with Gasteiger partial charge in [-0.25, -0.2) is 9.69 Å². The molecule has 0 radical (unpaired) electrons. The minimum Gasteiger partial charge on any atom is -0.480 e. The van der Waals surface area contributed by atoms with Crippen LogP contribution in [-0.2, 0) is 4.79 Å². The molecule has 162 valence electrons. The van der Waals surface area contributed by atoms with Crippen molar-refractivity contribution in [1.82, 2.24) is 0 Å². The summed E-state index contributed by atoms with van der Waals surface area (Å²) in [5.41, 5.74) is 4.09. The molecule has 0 unspecified atom stereocenters. The lowest BCUT2D eigenvalue weighted by molar-refractivity contribution is -0.139. The number of fused-ring (bicyclic) bond motifs is 1. The molecule has 4 rings (SSSR count). The Labute approximate surface area is 185 Å². The van der Waals surface area contributed by atoms with Crippen LogP contribution in [0, 0.1) is 6.92 Å². The Morgan fingerprint density at radius 1 is 0.938 bits per heavy atom. The van der Waals surface area contributed by atoms with Crippen molar-refractivity contribution >= 4 is 29.2 Å². The van der Waals surface area contributed by atoms with Crippen LogP contribution >= 0.6 is 0 Å². The summed E-state index contributed by atoms with van der Waals surface area (Å²) in [5.74, 6) is -2.08. The van der Waals surface area contributed by atoms with Gasteiger partial charge in [0.15, 0.2) is 0 Å². The van der Waals surface area contributed by atoms with Crippen LogP contribution in [0.25, 0.3) is 11.1 Å². The van der Waals surface area contributed by atoms with Crippen LogP contribution < -0.4 is 9.80 Å². The Balaban J connectivity index is 1.73. The second-order valence-electron chi connectivity index (χ2n) is 7.64. The van der Waals surface area contributed by atoms with Gasteiger partial charge in [-0.05, 0) is 47.9 Å². The molecule has 3 aromatic rings. The summed E-state index contributed by atoms with van der Waals surface area (Å²) in [6.07, 6.45) is 0. The van der Waals surface area contributed by atoms with E-state index in [4.69, 9.17) is 0 Å². The highest BCUT2D eigenvalue weighted by atomic mass is 16.4. The summed E-state index contributed by atoms with van der Waals surface area (Å²) in [5, 5.41) is 18.7. The first-order valence-electron chi connectivity index (χ1n) is 10.1. The number of hydrogen-bond donors (Lipinski definition) is 2. The van der Waals surface area contributed by atoms with Crippen LogP contribution in [0.15, 0.2) is 66.7 Å². The van der Waals surface area contributed by atoms with Crippen molar-refractivity contribution in [3.63, 3.8) is 0 Å². The summed E-state index contributed by atoms with van der Waals surface area (Å²) in [6.45, 7) is 1.28. The average molecular weight is 430 g/mol. The lowest BCUT2D eigenvalue weighted by Gasteiger charge is -2.25. The Hall–Kier alpha value is -3.97. The van der Waals surface area contributed by atoms with Gasteiger partial charge in [-0.2, -0.15) is 0 Å². The zero-order chi connectivity index (χ0) is 23.0. The minimum atomic E-state index is -1.19. The van der Waals surface area contributed by atoms with Crippen molar-refractivity contribution in [1.29, 1.82) is 0 Å². The third-order valence-electron chi connectivity index (χ3n) is 5.83. The molecule has 0 saturated heterocycles. The number of likely N-dealkylation sites (N-methyl/N-ethyl adjacent to an activating group) is 1. The quantitative estimate of drug-likeness (QED) is 0.582. The molecule has 7 nitrogen and oxygen atoms in total. The van der Waals surface area contributed by atoms with Gasteiger partial charge < -0.3 is 15.1 Å². The van der Waals surface area contributed by atoms with E-state index in [9.17, 15) is 24.6 Å². The monoisotopic (exact) mass is 430 g/mol. The van der Waals surface area contributed by atoms with E-state index < -0.39 is 30.4 Å². The van der Waals surface area contributed by atoms with Gasteiger partial charge >= 0.3 is 5.97 Å². The molecule has 1 heterocycles. The number of nitrogens with zero attached hydrogens (tertiary/aromatic N) is 2. The fraction of sp³-hybridized carbons (Fsp3) is 0.160. The number of benzene rings is 3. The van der Waals surface area contributed by atoms with Gasteiger partial charge in [0.05, 0.1) is 23.4 Å². The molecule has 0 fully saturated rings. The topological polar surface area (TPSA) is 98.2 Å². The fourth-order valence-corrected chi connectivity index (χ4v) is 4.01. The molecule has 0 aromatic heterocycles. The van der Waals surface area contributed by atoms with Crippen LogP contribution in [0.2, 0.25) is 0 Å². The summed E-state index contributed by atoms with van der Waals surface area (Å²) >= 11 is 0. The molecule has 0 aliphatic carbocycles. The van der Waals surface area contributed by atoms with Crippen molar-refractivity contribution in [3.05, 3.63) is 83.4 Å². The van der Waals surface area contributed by atoms with Crippen LogP contribution in [0.3, 0.4) is 0 Å². The number of carboxylic acid groups (broad SMARTS) is 1. The number of carboxylic acids is 1. The van der Waals surface area contributed by atoms with E-state index in [0.29, 0.717) is 11.4 Å². The van der Waals surface area contributed by atoms with Gasteiger partial charge in [-0.15, -0.1) is 0 Å². The Kier molecular flexibility index (Phi) is 5.50. The molecule has 0 bridgehead atoms. The van der Waals surface area contributed by atoms with Crippen LogP contribution in [-0.4, -0.2) is 47.7 Å². The number of rotatable bonds is 6. The summed E-state index contributed by atoms with van der Waals surface area (Å²) in [7, 11) is 1.52. The highest BCUT2D eigenvalue weighted by Crippen LogP contribution is 2.36. The van der Waals surface area contributed by atoms with Crippen molar-refractivity contribution in [2.75, 3.05) is 23.5 Å². The second-order valence-corrected chi connectivity index (χ2v) is 7.64. The lowest BCUT2D eigenvalue weighted by atomic mass is 9.99. The van der Waals surface area contributed by atoms with Crippen molar-refractivity contribution in [2.24, 2.45) is 0 Å². The van der Waals surface area contributed by atoms with Gasteiger partial charge in [0, 0.05) is 12.7 Å². The zero-order valence-electron chi connectivity index (χ0n) is 17.6. The van der Waals surface area contributed by atoms with Gasteiger partial charge in [-0.3, -0.25) is 9.59 Å². The Bertz CT molecular complexity index is 1220. The van der Waals surface area contributed by atoms with Crippen LogP contribution in [0.1, 0.15) is 26.3 Å². The van der Waals surface area contributed by atoms with E-state index in [0.717, 1.165) is 21.6 Å². The molecule has 7 heteroatoms. The molecule has 32 heavy (non-hydrogen) atoms. The maximum absolute atomic E-state index is 13.3. The molecule has 1 aliphatic heterocycles. The van der Waals surface area contributed by atoms with Gasteiger partial charge in [0.1, 0.15) is 6.04 Å². The standard InChI is InChI=1S/C25H22N2O5/c1-15-18(16-7-4-3-5-8-16)9-6-10-21(15)27-23(29)19-12-11-17(13-20(19)24(27)30)26(2)22(14-28)25(31)32/h3-13,22,28H,14H2,1-2H3,(H,31,32)/t22-/m0/s1. The third kappa shape index (κ3) is 3.42. The minimum absolute atomic E-state index is 0.200. The molecular weight excluding hydrogens is 408 g/mol. The number of anilines is 2. The second kappa shape index (κ2) is 8.28. The number of aliphatic hydroxyl groups excluding tert-OH is 1. The van der Waals surface area contributed by atoms with Crippen molar-refractivity contribution in [3.8, 4) is 11.1 Å². The normalized spacial score (nSPS) is 13.8. The maximum atomic E-state index is 13.3. The van der Waals surface area contributed by atoms with Crippen molar-refractivity contribution < 1.29 is 24.6 Å². The molecule has 2 N–H and O–H groups in total. The van der Waals surface area contributed by atoms with E-state index in [1.54, 1.807) is 12.1 Å². The van der Waals surface area contributed by atoms with Crippen molar-refractivity contribution in [2.45, 2.75) is 13.0 Å². The number of imide groups is 1. The first-order valence-corrected chi connectivity index (χ1v) is 10.1. The highest BCUT2D eigenvalue weighted by Gasteiger charge is 2.38. The number of carbonyl (C=O) groups is 3. The molecule has 0 spiro atoms. The predicted molar refractivity (Wildman–Crippen MR) is 121 cm³/mol. The van der Waals surface area contributed by atoms with Gasteiger partial charge in [0.25, 0.3) is 11.8 Å². The van der Waals surface area contributed by atoms with E-state index in [1.807, 2.05) is 49.4 Å². The first kappa shape index (κ1) is 21.3. The zero-order valence-corrected chi connectivity index (χ0v) is 17.6. The third-order valence-corrected chi connectivity index (χ3v) is 5.83. The van der Waals surface area contributed by atoms with E-state index in [-0.39, 0.29) is 11.1 Å². The molecular formula is C25H22N2O5. The molecule has 0 saturated carbocycles. The Morgan fingerprint density at radius 2 is 1.62 bits per heavy atom. The smallest absolute Gasteiger partial charge is 0.328 e. The number of carbonyl (C=O) groups excluding carboxylic acids is 2. The first-order chi connectivity index (χ1) is 15.3. The Morgan fingerprint density at radius 3 is 2.28 bits per heavy atom. The largest absolute Gasteiger partial charge is 0.480 e. The van der Waals surface area contributed by atoms with E-state index in [2.05, 4.69) is 0 Å². The SMILES string of the molecule is Cc1c(-c2ccccc2)cccc1N1C(=O)c2ccc(N(C)[C@@H](CO)C(=O)O)cc2C1=O. The molecule has 2 amide bonds. The van der Waals surface area contributed by atoms with Crippen LogP contribution in [0.4, 0.5) is 11.4 Å². The fourth-order valence-electron chi connectivity index (χ4n) is 4.01. The van der Waals surface area contributed by atoms with E-state index in [1.165, 1.54) is 24.1 Å². The summed E-state index contributed by atoms with van der Waals surface area (Å²) < 4.78 is 0. The number of aliphatic hydroxyl groups is 1. The summed E-state index contributed by atoms with van der Waals surface area (Å²) in [4.78, 5) is 40.3.